The Bertz CT molecular complexity index is 1470. The van der Waals surface area contributed by atoms with E-state index in [4.69, 9.17) is 28.9 Å². The zero-order valence-electron chi connectivity index (χ0n) is 18.9. The number of halogens is 2. The first-order chi connectivity index (χ1) is 16.8. The fourth-order valence-corrected chi connectivity index (χ4v) is 4.90. The quantitative estimate of drug-likeness (QED) is 0.371. The summed E-state index contributed by atoms with van der Waals surface area (Å²) in [6.45, 7) is 4.15. The van der Waals surface area contributed by atoms with Crippen LogP contribution in [0.3, 0.4) is 0 Å². The normalized spacial score (nSPS) is 14.6. The Morgan fingerprint density at radius 1 is 1.17 bits per heavy atom. The van der Waals surface area contributed by atoms with Crippen LogP contribution in [0.2, 0.25) is 10.0 Å². The first-order valence-corrected chi connectivity index (χ1v) is 11.8. The molecule has 3 heterocycles. The van der Waals surface area contributed by atoms with Crippen LogP contribution in [0.25, 0.3) is 16.7 Å². The maximum atomic E-state index is 12.8. The highest BCUT2D eigenvalue weighted by Crippen LogP contribution is 2.31. The molecule has 0 radical (unpaired) electrons. The van der Waals surface area contributed by atoms with Crippen molar-refractivity contribution in [3.63, 3.8) is 0 Å². The molecule has 0 spiro atoms. The van der Waals surface area contributed by atoms with Crippen LogP contribution in [0.15, 0.2) is 47.4 Å². The van der Waals surface area contributed by atoms with E-state index in [1.165, 1.54) is 17.3 Å². The molecule has 4 aromatic rings. The number of β-amino-alcohol motifs (C(OH)–C–C–N with tert-alkyl or cyclic N) is 1. The summed E-state index contributed by atoms with van der Waals surface area (Å²) < 4.78 is 1.16. The molecule has 0 bridgehead atoms. The monoisotopic (exact) mass is 511 g/mol. The second-order valence-corrected chi connectivity index (χ2v) is 9.37. The minimum Gasteiger partial charge on any atom is -0.392 e. The van der Waals surface area contributed by atoms with Crippen LogP contribution in [0.4, 0.5) is 17.5 Å². The van der Waals surface area contributed by atoms with Gasteiger partial charge in [-0.1, -0.05) is 35.3 Å². The van der Waals surface area contributed by atoms with Crippen LogP contribution in [0.1, 0.15) is 18.1 Å². The summed E-state index contributed by atoms with van der Waals surface area (Å²) in [5, 5.41) is 13.8. The summed E-state index contributed by atoms with van der Waals surface area (Å²) in [6, 6.07) is 11.0. The molecule has 0 saturated heterocycles. The number of nitrogens with one attached hydrogen (secondary N) is 1. The van der Waals surface area contributed by atoms with Gasteiger partial charge < -0.3 is 16.2 Å². The van der Waals surface area contributed by atoms with Crippen molar-refractivity contribution in [2.45, 2.75) is 26.0 Å². The van der Waals surface area contributed by atoms with Crippen molar-refractivity contribution in [3.8, 4) is 5.69 Å². The molecule has 0 fully saturated rings. The lowest BCUT2D eigenvalue weighted by atomic mass is 9.99. The molecule has 1 aliphatic rings. The van der Waals surface area contributed by atoms with E-state index in [1.807, 2.05) is 6.07 Å². The van der Waals surface area contributed by atoms with Gasteiger partial charge in [-0.3, -0.25) is 4.90 Å². The molecule has 1 atom stereocenters. The second kappa shape index (κ2) is 9.43. The highest BCUT2D eigenvalue weighted by Gasteiger charge is 2.19. The van der Waals surface area contributed by atoms with Crippen molar-refractivity contribution in [1.82, 2.24) is 24.4 Å². The summed E-state index contributed by atoms with van der Waals surface area (Å²) >= 11 is 12.5. The standard InChI is InChI=1S/C24H23Cl2N7O2/c1-13(34)11-32-8-7-14-9-16(6-5-15(14)12-32)29-23-28-10-17-21(27)33(24(35)31-22(17)30-23)20-18(25)3-2-4-19(20)26/h2-6,9-10,13,34H,7-8,11-12,27H2,1H3,(H,29,30,31,35)/t13-/m0/s1. The molecule has 0 amide bonds. The van der Waals surface area contributed by atoms with E-state index in [9.17, 15) is 9.90 Å². The summed E-state index contributed by atoms with van der Waals surface area (Å²) in [4.78, 5) is 27.9. The lowest BCUT2D eigenvalue weighted by Crippen LogP contribution is -2.35. The summed E-state index contributed by atoms with van der Waals surface area (Å²) in [7, 11) is 0. The van der Waals surface area contributed by atoms with E-state index in [0.29, 0.717) is 17.9 Å². The van der Waals surface area contributed by atoms with Crippen LogP contribution in [0.5, 0.6) is 0 Å². The average molecular weight is 512 g/mol. The third kappa shape index (κ3) is 4.68. The molecule has 0 saturated carbocycles. The fraction of sp³-hybridized carbons (Fsp3) is 0.250. The molecule has 9 nitrogen and oxygen atoms in total. The Morgan fingerprint density at radius 2 is 1.94 bits per heavy atom. The number of fused-ring (bicyclic) bond motifs is 2. The molecule has 4 N–H and O–H groups in total. The molecule has 35 heavy (non-hydrogen) atoms. The predicted molar refractivity (Wildman–Crippen MR) is 138 cm³/mol. The van der Waals surface area contributed by atoms with E-state index in [1.54, 1.807) is 25.1 Å². The van der Waals surface area contributed by atoms with Crippen LogP contribution < -0.4 is 16.7 Å². The summed E-state index contributed by atoms with van der Waals surface area (Å²) in [6.07, 6.45) is 2.05. The van der Waals surface area contributed by atoms with Gasteiger partial charge in [0.05, 0.1) is 27.2 Å². The van der Waals surface area contributed by atoms with E-state index in [0.717, 1.165) is 29.8 Å². The zero-order chi connectivity index (χ0) is 24.7. The number of benzene rings is 2. The molecule has 1 aliphatic heterocycles. The summed E-state index contributed by atoms with van der Waals surface area (Å²) in [5.41, 5.74) is 9.37. The van der Waals surface area contributed by atoms with E-state index in [-0.39, 0.29) is 33.3 Å². The van der Waals surface area contributed by atoms with Crippen LogP contribution >= 0.6 is 23.2 Å². The molecular formula is C24H23Cl2N7O2. The second-order valence-electron chi connectivity index (χ2n) is 8.56. The van der Waals surface area contributed by atoms with Crippen molar-refractivity contribution < 1.29 is 5.11 Å². The molecular weight excluding hydrogens is 489 g/mol. The highest BCUT2D eigenvalue weighted by atomic mass is 35.5. The number of aliphatic hydroxyl groups excluding tert-OH is 1. The van der Waals surface area contributed by atoms with Crippen molar-refractivity contribution in [2.24, 2.45) is 0 Å². The lowest BCUT2D eigenvalue weighted by Gasteiger charge is -2.29. The van der Waals surface area contributed by atoms with E-state index < -0.39 is 5.69 Å². The predicted octanol–water partition coefficient (Wildman–Crippen LogP) is 3.55. The number of rotatable bonds is 5. The molecule has 2 aromatic heterocycles. The number of nitrogens with zero attached hydrogens (tertiary/aromatic N) is 5. The van der Waals surface area contributed by atoms with E-state index in [2.05, 4.69) is 37.3 Å². The number of aromatic nitrogens is 4. The Kier molecular flexibility index (Phi) is 6.33. The highest BCUT2D eigenvalue weighted by molar-refractivity contribution is 6.37. The van der Waals surface area contributed by atoms with Gasteiger partial charge in [0, 0.05) is 31.5 Å². The maximum Gasteiger partial charge on any atom is 0.355 e. The number of aliphatic hydroxyl groups is 1. The number of para-hydroxylation sites is 1. The maximum absolute atomic E-state index is 12.8. The zero-order valence-corrected chi connectivity index (χ0v) is 20.4. The van der Waals surface area contributed by atoms with Gasteiger partial charge in [0.1, 0.15) is 5.82 Å². The van der Waals surface area contributed by atoms with Crippen molar-refractivity contribution >= 4 is 51.7 Å². The largest absolute Gasteiger partial charge is 0.392 e. The smallest absolute Gasteiger partial charge is 0.355 e. The number of hydrogen-bond donors (Lipinski definition) is 3. The van der Waals surface area contributed by atoms with Gasteiger partial charge in [-0.05, 0) is 48.7 Å². The Balaban J connectivity index is 1.44. The van der Waals surface area contributed by atoms with Crippen molar-refractivity contribution in [1.29, 1.82) is 0 Å². The Labute approximate surface area is 211 Å². The minimum atomic E-state index is -0.648. The molecule has 2 aromatic carbocycles. The molecule has 180 valence electrons. The van der Waals surface area contributed by atoms with Crippen molar-refractivity contribution in [3.05, 3.63) is 74.3 Å². The van der Waals surface area contributed by atoms with E-state index >= 15 is 0 Å². The number of nitrogen functional groups attached to an aromatic ring is 1. The third-order valence-corrected chi connectivity index (χ3v) is 6.53. The van der Waals surface area contributed by atoms with Crippen LogP contribution in [-0.2, 0) is 13.0 Å². The number of anilines is 3. The first-order valence-electron chi connectivity index (χ1n) is 11.1. The van der Waals surface area contributed by atoms with Gasteiger partial charge in [0.15, 0.2) is 5.65 Å². The number of hydrogen-bond acceptors (Lipinski definition) is 8. The van der Waals surface area contributed by atoms with Gasteiger partial charge in [0.2, 0.25) is 5.95 Å². The van der Waals surface area contributed by atoms with Gasteiger partial charge in [-0.25, -0.2) is 14.3 Å². The topological polar surface area (TPSA) is 122 Å². The van der Waals surface area contributed by atoms with Crippen LogP contribution in [0, 0.1) is 0 Å². The Hall–Kier alpha value is -3.24. The average Bonchev–Trinajstić information content (AvgIpc) is 2.80. The van der Waals surface area contributed by atoms with Gasteiger partial charge in [-0.2, -0.15) is 9.97 Å². The van der Waals surface area contributed by atoms with Crippen molar-refractivity contribution in [2.75, 3.05) is 24.1 Å². The molecule has 0 unspecified atom stereocenters. The van der Waals surface area contributed by atoms with Gasteiger partial charge >= 0.3 is 5.69 Å². The lowest BCUT2D eigenvalue weighted by molar-refractivity contribution is 0.119. The molecule has 11 heteroatoms. The summed E-state index contributed by atoms with van der Waals surface area (Å²) in [5.74, 6) is 0.390. The third-order valence-electron chi connectivity index (χ3n) is 5.92. The molecule has 0 aliphatic carbocycles. The fourth-order valence-electron chi connectivity index (χ4n) is 4.33. The Morgan fingerprint density at radius 3 is 2.69 bits per heavy atom. The molecule has 5 rings (SSSR count). The van der Waals surface area contributed by atoms with Gasteiger partial charge in [-0.15, -0.1) is 0 Å². The SMILES string of the molecule is C[C@H](O)CN1CCc2cc(Nc3ncc4c(N)n(-c5c(Cl)cccc5Cl)c(=O)nc4n3)ccc2C1. The minimum absolute atomic E-state index is 0.0945. The first kappa shape index (κ1) is 23.5. The van der Waals surface area contributed by atoms with Gasteiger partial charge in [0.25, 0.3) is 0 Å². The number of nitrogens with two attached hydrogens (primary N) is 1. The van der Waals surface area contributed by atoms with Crippen LogP contribution in [-0.4, -0.2) is 48.7 Å².